The number of nitrogens with zero attached hydrogens (tertiary/aromatic N) is 2. The molecule has 8 nitrogen and oxygen atoms in total. The van der Waals surface area contributed by atoms with Gasteiger partial charge in [-0.1, -0.05) is 18.2 Å². The average Bonchev–Trinajstić information content (AvgIpc) is 2.93. The molecule has 0 atom stereocenters. The Balaban J connectivity index is 1.83. The van der Waals surface area contributed by atoms with Gasteiger partial charge in [0.1, 0.15) is 12.2 Å². The van der Waals surface area contributed by atoms with Gasteiger partial charge in [-0.3, -0.25) is 4.79 Å². The summed E-state index contributed by atoms with van der Waals surface area (Å²) in [6, 6.07) is 5.93. The molecule has 0 radical (unpaired) electrons. The third-order valence-electron chi connectivity index (χ3n) is 5.71. The van der Waals surface area contributed by atoms with Crippen LogP contribution in [0.25, 0.3) is 0 Å². The third-order valence-corrected chi connectivity index (χ3v) is 5.71. The van der Waals surface area contributed by atoms with Crippen molar-refractivity contribution in [1.82, 2.24) is 9.97 Å². The van der Waals surface area contributed by atoms with E-state index in [0.29, 0.717) is 6.29 Å². The molecule has 0 amide bonds. The number of rotatable bonds is 7. The Hall–Kier alpha value is -2.65. The second-order valence-corrected chi connectivity index (χ2v) is 8.06. The molecular formula is C21H27BN2O6. The Labute approximate surface area is 177 Å². The predicted octanol–water partition coefficient (Wildman–Crippen LogP) is 2.49. The van der Waals surface area contributed by atoms with Crippen LogP contribution in [0.15, 0.2) is 18.2 Å². The number of methoxy groups -OCH3 is 2. The van der Waals surface area contributed by atoms with Gasteiger partial charge in [0.2, 0.25) is 11.8 Å². The van der Waals surface area contributed by atoms with E-state index in [0.717, 1.165) is 16.6 Å². The molecule has 0 N–H and O–H groups in total. The van der Waals surface area contributed by atoms with E-state index in [1.165, 1.54) is 14.2 Å². The summed E-state index contributed by atoms with van der Waals surface area (Å²) >= 11 is 0. The van der Waals surface area contributed by atoms with Gasteiger partial charge < -0.3 is 23.5 Å². The van der Waals surface area contributed by atoms with E-state index < -0.39 is 18.3 Å². The molecular weight excluding hydrogens is 387 g/mol. The maximum Gasteiger partial charge on any atom is 0.495 e. The molecule has 0 unspecified atom stereocenters. The molecule has 1 aromatic heterocycles. The number of hydrogen-bond donors (Lipinski definition) is 0. The summed E-state index contributed by atoms with van der Waals surface area (Å²) in [6.07, 6.45) is 0.583. The summed E-state index contributed by atoms with van der Waals surface area (Å²) in [5, 5.41) is 0. The van der Waals surface area contributed by atoms with Gasteiger partial charge >= 0.3 is 13.1 Å². The molecule has 30 heavy (non-hydrogen) atoms. The number of hydrogen-bond acceptors (Lipinski definition) is 8. The lowest BCUT2D eigenvalue weighted by Crippen LogP contribution is -2.41. The molecule has 2 aromatic rings. The Morgan fingerprint density at radius 1 is 1.03 bits per heavy atom. The highest BCUT2D eigenvalue weighted by atomic mass is 16.7. The highest BCUT2D eigenvalue weighted by Crippen LogP contribution is 2.36. The van der Waals surface area contributed by atoms with E-state index in [-0.39, 0.29) is 29.9 Å². The fraction of sp³-hybridized carbons (Fsp3) is 0.476. The minimum absolute atomic E-state index is 0.0507. The second kappa shape index (κ2) is 8.24. The number of benzene rings is 1. The maximum absolute atomic E-state index is 11.3. The van der Waals surface area contributed by atoms with E-state index in [1.807, 2.05) is 52.8 Å². The highest BCUT2D eigenvalue weighted by molar-refractivity contribution is 6.62. The second-order valence-electron chi connectivity index (χ2n) is 8.06. The SMILES string of the molecule is COc1nc(OCc2cccc(B3OC(C)(C)C(C)(C)O3)c2C)nc(OC)c1C=O. The molecule has 3 rings (SSSR count). The van der Waals surface area contributed by atoms with Crippen molar-refractivity contribution < 1.29 is 28.3 Å². The van der Waals surface area contributed by atoms with Crippen LogP contribution >= 0.6 is 0 Å². The summed E-state index contributed by atoms with van der Waals surface area (Å²) < 4.78 is 28.4. The predicted molar refractivity (Wildman–Crippen MR) is 112 cm³/mol. The molecule has 9 heteroatoms. The van der Waals surface area contributed by atoms with Crippen LogP contribution in [0.3, 0.4) is 0 Å². The van der Waals surface area contributed by atoms with Gasteiger partial charge in [-0.2, -0.15) is 9.97 Å². The first-order chi connectivity index (χ1) is 14.1. The van der Waals surface area contributed by atoms with Crippen molar-refractivity contribution in [2.24, 2.45) is 0 Å². The molecule has 1 saturated heterocycles. The zero-order chi connectivity index (χ0) is 22.1. The lowest BCUT2D eigenvalue weighted by molar-refractivity contribution is 0.00578. The molecule has 1 fully saturated rings. The first kappa shape index (κ1) is 22.0. The molecule has 0 saturated carbocycles. The largest absolute Gasteiger partial charge is 0.495 e. The third kappa shape index (κ3) is 4.00. The molecule has 1 aromatic carbocycles. The lowest BCUT2D eigenvalue weighted by atomic mass is 9.75. The molecule has 2 heterocycles. The van der Waals surface area contributed by atoms with E-state index >= 15 is 0 Å². The summed E-state index contributed by atoms with van der Waals surface area (Å²) in [5.74, 6) is 0.184. The van der Waals surface area contributed by atoms with Crippen LogP contribution in [-0.4, -0.2) is 48.8 Å². The van der Waals surface area contributed by atoms with Crippen LogP contribution in [0.2, 0.25) is 0 Å². The lowest BCUT2D eigenvalue weighted by Gasteiger charge is -2.32. The van der Waals surface area contributed by atoms with E-state index in [4.69, 9.17) is 23.5 Å². The van der Waals surface area contributed by atoms with Gasteiger partial charge in [0.15, 0.2) is 6.29 Å². The molecule has 0 bridgehead atoms. The number of aldehydes is 1. The number of ether oxygens (including phenoxy) is 3. The summed E-state index contributed by atoms with van der Waals surface area (Å²) in [7, 11) is 2.37. The molecule has 1 aliphatic rings. The van der Waals surface area contributed by atoms with Gasteiger partial charge in [-0.15, -0.1) is 0 Å². The fourth-order valence-corrected chi connectivity index (χ4v) is 3.11. The smallest absolute Gasteiger partial charge is 0.480 e. The molecule has 0 aliphatic carbocycles. The van der Waals surface area contributed by atoms with Crippen LogP contribution < -0.4 is 19.7 Å². The minimum atomic E-state index is -0.460. The standard InChI is InChI=1S/C21H27BN2O6/c1-13-14(9-8-10-16(13)22-29-20(2,3)21(4,5)30-22)12-28-19-23-17(26-6)15(11-25)18(24-19)27-7/h8-11H,12H2,1-7H3. The van der Waals surface area contributed by atoms with E-state index in [9.17, 15) is 4.79 Å². The van der Waals surface area contributed by atoms with Crippen molar-refractivity contribution in [3.05, 3.63) is 34.9 Å². The van der Waals surface area contributed by atoms with Crippen molar-refractivity contribution in [2.75, 3.05) is 14.2 Å². The van der Waals surface area contributed by atoms with Gasteiger partial charge in [-0.25, -0.2) is 0 Å². The Morgan fingerprint density at radius 3 is 2.10 bits per heavy atom. The average molecular weight is 414 g/mol. The van der Waals surface area contributed by atoms with Crippen LogP contribution in [0.5, 0.6) is 17.8 Å². The number of carbonyl (C=O) groups is 1. The van der Waals surface area contributed by atoms with Crippen molar-refractivity contribution >= 4 is 18.9 Å². The first-order valence-corrected chi connectivity index (χ1v) is 9.65. The molecule has 0 spiro atoms. The summed E-state index contributed by atoms with van der Waals surface area (Å²) in [4.78, 5) is 19.5. The fourth-order valence-electron chi connectivity index (χ4n) is 3.11. The summed E-state index contributed by atoms with van der Waals surface area (Å²) in [6.45, 7) is 10.3. The molecule has 160 valence electrons. The van der Waals surface area contributed by atoms with Crippen LogP contribution in [-0.2, 0) is 15.9 Å². The zero-order valence-corrected chi connectivity index (χ0v) is 18.4. The van der Waals surface area contributed by atoms with Crippen LogP contribution in [0, 0.1) is 6.92 Å². The molecule has 1 aliphatic heterocycles. The van der Waals surface area contributed by atoms with E-state index in [1.54, 1.807) is 0 Å². The zero-order valence-electron chi connectivity index (χ0n) is 18.4. The summed E-state index contributed by atoms with van der Waals surface area (Å²) in [5.41, 5.74) is 2.17. The monoisotopic (exact) mass is 414 g/mol. The van der Waals surface area contributed by atoms with Gasteiger partial charge in [0, 0.05) is 0 Å². The Kier molecular flexibility index (Phi) is 6.05. The minimum Gasteiger partial charge on any atom is -0.480 e. The quantitative estimate of drug-likeness (QED) is 0.505. The van der Waals surface area contributed by atoms with Gasteiger partial charge in [0.05, 0.1) is 25.4 Å². The number of aromatic nitrogens is 2. The van der Waals surface area contributed by atoms with Crippen LogP contribution in [0.4, 0.5) is 0 Å². The Morgan fingerprint density at radius 2 is 1.60 bits per heavy atom. The first-order valence-electron chi connectivity index (χ1n) is 9.65. The van der Waals surface area contributed by atoms with E-state index in [2.05, 4.69) is 9.97 Å². The van der Waals surface area contributed by atoms with Crippen LogP contribution in [0.1, 0.15) is 49.2 Å². The topological polar surface area (TPSA) is 89.0 Å². The highest BCUT2D eigenvalue weighted by Gasteiger charge is 2.52. The normalized spacial score (nSPS) is 17.0. The van der Waals surface area contributed by atoms with Crippen molar-refractivity contribution in [3.8, 4) is 17.8 Å². The van der Waals surface area contributed by atoms with Gasteiger partial charge in [-0.05, 0) is 51.2 Å². The van der Waals surface area contributed by atoms with Crippen molar-refractivity contribution in [3.63, 3.8) is 0 Å². The van der Waals surface area contributed by atoms with Crippen molar-refractivity contribution in [1.29, 1.82) is 0 Å². The maximum atomic E-state index is 11.3. The Bertz CT molecular complexity index is 906. The van der Waals surface area contributed by atoms with Gasteiger partial charge in [0.25, 0.3) is 0 Å². The number of carbonyl (C=O) groups excluding carboxylic acids is 1. The van der Waals surface area contributed by atoms with Crippen molar-refractivity contribution in [2.45, 2.75) is 52.4 Å².